The quantitative estimate of drug-likeness (QED) is 0.0603. The highest BCUT2D eigenvalue weighted by atomic mass is 32.1. The minimum atomic E-state index is -1.07. The third kappa shape index (κ3) is 13.4. The number of hydrogen-bond donors (Lipinski definition) is 6. The average molecular weight is 1080 g/mol. The lowest BCUT2D eigenvalue weighted by Gasteiger charge is -2.36. The van der Waals surface area contributed by atoms with Crippen LogP contribution in [0.25, 0.3) is 21.3 Å². The number of rotatable bonds is 17. The molecule has 21 heteroatoms. The number of aliphatic hydroxyl groups excluding tert-OH is 1. The number of β-amino-alcohol motifs (C(OH)–C–C–N with tert-alkyl or cyclic N) is 1. The number of aryl methyl sites for hydroxylation is 1. The van der Waals surface area contributed by atoms with E-state index in [2.05, 4.69) is 41.3 Å². The number of benzene rings is 4. The molecule has 0 aliphatic carbocycles. The largest absolute Gasteiger partial charge is 0.391 e. The maximum Gasteiger partial charge on any atom is 0.258 e. The van der Waals surface area contributed by atoms with Gasteiger partial charge in [0.2, 0.25) is 23.6 Å². The van der Waals surface area contributed by atoms with Gasteiger partial charge >= 0.3 is 0 Å². The number of carbonyl (C=O) groups excluding carboxylic acids is 5. The van der Waals surface area contributed by atoms with Gasteiger partial charge in [0, 0.05) is 87.8 Å². The fraction of sp³-hybridized carbons (Fsp3) is 0.411. The number of fused-ring (bicyclic) bond motifs is 1. The molecule has 77 heavy (non-hydrogen) atoms. The topological polar surface area (TPSA) is 223 Å². The lowest BCUT2D eigenvalue weighted by Crippen LogP contribution is -2.58. The van der Waals surface area contributed by atoms with Crippen LogP contribution in [0.4, 0.5) is 26.0 Å². The molecule has 9 rings (SSSR count). The Balaban J connectivity index is 0.768. The second-order valence-corrected chi connectivity index (χ2v) is 21.8. The Hall–Kier alpha value is -7.33. The van der Waals surface area contributed by atoms with E-state index in [1.165, 1.54) is 17.0 Å². The van der Waals surface area contributed by atoms with Gasteiger partial charge in [-0.05, 0) is 96.3 Å². The molecule has 18 nitrogen and oxygen atoms in total. The summed E-state index contributed by atoms with van der Waals surface area (Å²) in [7, 11) is 0. The molecule has 0 radical (unpaired) electrons. The van der Waals surface area contributed by atoms with Crippen LogP contribution in [-0.2, 0) is 41.6 Å². The predicted octanol–water partition coefficient (Wildman–Crippen LogP) is 6.18. The molecule has 3 saturated heterocycles. The lowest BCUT2D eigenvalue weighted by atomic mass is 9.85. The molecule has 3 fully saturated rings. The van der Waals surface area contributed by atoms with Crippen LogP contribution in [0, 0.1) is 24.0 Å². The summed E-state index contributed by atoms with van der Waals surface area (Å²) in [6.07, 6.45) is 0.903. The van der Waals surface area contributed by atoms with Crippen molar-refractivity contribution in [1.82, 2.24) is 35.6 Å². The molecule has 3 aliphatic heterocycles. The number of nitrogens with zero attached hydrogens (tertiary/aromatic N) is 5. The van der Waals surface area contributed by atoms with Crippen LogP contribution < -0.4 is 26.2 Å². The van der Waals surface area contributed by atoms with E-state index in [1.807, 2.05) is 55.5 Å². The fourth-order valence-electron chi connectivity index (χ4n) is 10.0. The molecular weight excluding hydrogens is 1010 g/mol. The van der Waals surface area contributed by atoms with Crippen molar-refractivity contribution >= 4 is 69.0 Å². The monoisotopic (exact) mass is 1070 g/mol. The van der Waals surface area contributed by atoms with Crippen LogP contribution in [0.2, 0.25) is 0 Å². The molecule has 6 aromatic rings. The summed E-state index contributed by atoms with van der Waals surface area (Å²) < 4.78 is 39.1. The summed E-state index contributed by atoms with van der Waals surface area (Å²) in [5, 5.41) is 30.8. The highest BCUT2D eigenvalue weighted by Gasteiger charge is 2.44. The Morgan fingerprint density at radius 2 is 1.62 bits per heavy atom. The second-order valence-electron chi connectivity index (χ2n) is 20.9. The van der Waals surface area contributed by atoms with Crippen LogP contribution in [0.5, 0.6) is 0 Å². The third-order valence-electron chi connectivity index (χ3n) is 14.2. The Morgan fingerprint density at radius 3 is 2.32 bits per heavy atom. The van der Waals surface area contributed by atoms with E-state index in [9.17, 15) is 37.9 Å². The van der Waals surface area contributed by atoms with E-state index in [4.69, 9.17) is 9.47 Å². The average Bonchev–Trinajstić information content (AvgIpc) is 4.15. The number of piperazine rings is 1. The number of aromatic amines is 1. The number of nitrogens with one attached hydrogen (secondary N) is 5. The molecule has 0 bridgehead atoms. The molecule has 4 aromatic carbocycles. The Kier molecular flexibility index (Phi) is 16.9. The number of aliphatic hydroxyl groups is 1. The molecule has 2 aromatic heterocycles. The fourth-order valence-corrected chi connectivity index (χ4v) is 10.8. The Morgan fingerprint density at radius 1 is 0.896 bits per heavy atom. The standard InChI is InChI=1S/C56H64F2N10O8S/c1-33-50(77-32-60-33)37-8-5-34(6-9-37)28-59-54(73)47-27-42(69)29-68(47)55(74)51(56(2,3)4)62-48(70)30-76-31-49(71)67-17-15-66(16-18-67)41-10-11-43(46(26-41)61-40-13-19-75-20-14-40)53(72)63-52-44-24-35(7-12-45(44)64-65-52)21-36-22-38(57)25-39(58)23-36/h5-12,22-26,32,40,42,47,51,61,69H,13-21,27-31H2,1-4H3,(H,59,73)(H,62,70)(H2,63,64,65,72)/t42-,47+,51-/m1/s1. The first-order valence-electron chi connectivity index (χ1n) is 25.8. The lowest BCUT2D eigenvalue weighted by molar-refractivity contribution is -0.145. The molecule has 6 N–H and O–H groups in total. The Bertz CT molecular complexity index is 3090. The minimum absolute atomic E-state index is 0.0496. The zero-order valence-electron chi connectivity index (χ0n) is 43.5. The highest BCUT2D eigenvalue weighted by molar-refractivity contribution is 7.13. The van der Waals surface area contributed by atoms with Crippen molar-refractivity contribution in [3.63, 3.8) is 0 Å². The van der Waals surface area contributed by atoms with Crippen molar-refractivity contribution in [3.05, 3.63) is 124 Å². The van der Waals surface area contributed by atoms with Crippen LogP contribution in [0.15, 0.2) is 84.4 Å². The van der Waals surface area contributed by atoms with Crippen molar-refractivity contribution in [2.24, 2.45) is 5.41 Å². The second kappa shape index (κ2) is 23.9. The molecular formula is C56H64F2N10O8S. The van der Waals surface area contributed by atoms with Crippen LogP contribution >= 0.6 is 11.3 Å². The van der Waals surface area contributed by atoms with E-state index in [0.29, 0.717) is 72.9 Å². The van der Waals surface area contributed by atoms with Gasteiger partial charge in [-0.2, -0.15) is 5.10 Å². The van der Waals surface area contributed by atoms with Gasteiger partial charge in [-0.15, -0.1) is 11.3 Å². The zero-order chi connectivity index (χ0) is 54.4. The van der Waals surface area contributed by atoms with E-state index in [-0.39, 0.29) is 44.5 Å². The molecule has 406 valence electrons. The van der Waals surface area contributed by atoms with Crippen molar-refractivity contribution < 1.29 is 47.3 Å². The normalized spacial score (nSPS) is 17.6. The van der Waals surface area contributed by atoms with Gasteiger partial charge in [0.05, 0.1) is 33.3 Å². The highest BCUT2D eigenvalue weighted by Crippen LogP contribution is 2.32. The first-order chi connectivity index (χ1) is 36.9. The van der Waals surface area contributed by atoms with Gasteiger partial charge in [-0.25, -0.2) is 13.8 Å². The van der Waals surface area contributed by atoms with Crippen molar-refractivity contribution in [3.8, 4) is 10.4 Å². The third-order valence-corrected chi connectivity index (χ3v) is 15.2. The van der Waals surface area contributed by atoms with Crippen molar-refractivity contribution in [2.45, 2.75) is 84.2 Å². The number of amides is 5. The first kappa shape index (κ1) is 54.5. The summed E-state index contributed by atoms with van der Waals surface area (Å²) in [6.45, 7) is 9.51. The number of thiazole rings is 1. The number of hydrogen-bond acceptors (Lipinski definition) is 13. The van der Waals surface area contributed by atoms with E-state index in [0.717, 1.165) is 51.9 Å². The summed E-state index contributed by atoms with van der Waals surface area (Å²) in [5.41, 5.74) is 7.64. The molecule has 5 heterocycles. The van der Waals surface area contributed by atoms with E-state index >= 15 is 0 Å². The summed E-state index contributed by atoms with van der Waals surface area (Å²) in [5.74, 6) is -3.24. The van der Waals surface area contributed by atoms with Gasteiger partial charge in [0.25, 0.3) is 5.91 Å². The summed E-state index contributed by atoms with van der Waals surface area (Å²) >= 11 is 1.56. The van der Waals surface area contributed by atoms with Gasteiger partial charge < -0.3 is 50.5 Å². The number of ether oxygens (including phenoxy) is 2. The zero-order valence-corrected chi connectivity index (χ0v) is 44.3. The van der Waals surface area contributed by atoms with Crippen LogP contribution in [-0.4, -0.2) is 143 Å². The molecule has 0 unspecified atom stereocenters. The van der Waals surface area contributed by atoms with Gasteiger partial charge in [-0.3, -0.25) is 29.1 Å². The number of likely N-dealkylation sites (tertiary alicyclic amines) is 1. The molecule has 3 aliphatic rings. The number of H-pyrrole nitrogens is 1. The summed E-state index contributed by atoms with van der Waals surface area (Å²) in [4.78, 5) is 79.0. The first-order valence-corrected chi connectivity index (χ1v) is 26.7. The predicted molar refractivity (Wildman–Crippen MR) is 288 cm³/mol. The smallest absolute Gasteiger partial charge is 0.258 e. The van der Waals surface area contributed by atoms with E-state index < -0.39 is 65.5 Å². The minimum Gasteiger partial charge on any atom is -0.391 e. The van der Waals surface area contributed by atoms with Crippen LogP contribution in [0.3, 0.4) is 0 Å². The van der Waals surface area contributed by atoms with E-state index in [1.54, 1.807) is 54.7 Å². The Labute approximate surface area is 448 Å². The van der Waals surface area contributed by atoms with Crippen molar-refractivity contribution in [1.29, 1.82) is 0 Å². The van der Waals surface area contributed by atoms with Gasteiger partial charge in [0.15, 0.2) is 5.82 Å². The maximum atomic E-state index is 14.1. The number of carbonyl (C=O) groups is 5. The maximum absolute atomic E-state index is 14.1. The van der Waals surface area contributed by atoms with Crippen LogP contribution in [0.1, 0.15) is 72.8 Å². The van der Waals surface area contributed by atoms with Gasteiger partial charge in [0.1, 0.15) is 36.9 Å². The number of aromatic nitrogens is 3. The molecule has 5 amide bonds. The molecule has 0 saturated carbocycles. The SMILES string of the molecule is Cc1ncsc1-c1ccc(CNC(=O)[C@@H]2C[C@@H](O)CN2C(=O)[C@@H](NC(=O)COCC(=O)N2CCN(c3ccc(C(=O)Nc4n[nH]c5ccc(Cc6cc(F)cc(F)c6)cc45)c(NC4CCOCC4)c3)CC2)C(C)(C)C)cc1. The summed E-state index contributed by atoms with van der Waals surface area (Å²) in [6, 6.07) is 20.3. The van der Waals surface area contributed by atoms with Gasteiger partial charge in [-0.1, -0.05) is 51.1 Å². The molecule has 0 spiro atoms. The number of halogens is 2. The van der Waals surface area contributed by atoms with Crippen molar-refractivity contribution in [2.75, 3.05) is 74.7 Å². The molecule has 3 atom stereocenters. The number of anilines is 3.